The zero-order valence-corrected chi connectivity index (χ0v) is 15.8. The highest BCUT2D eigenvalue weighted by Gasteiger charge is 2.20. The molecule has 1 aliphatic rings. The van der Waals surface area contributed by atoms with Crippen molar-refractivity contribution in [3.63, 3.8) is 0 Å². The van der Waals surface area contributed by atoms with Gasteiger partial charge in [0.25, 0.3) is 0 Å². The summed E-state index contributed by atoms with van der Waals surface area (Å²) in [5.41, 5.74) is 3.94. The lowest BCUT2D eigenvalue weighted by molar-refractivity contribution is 0.306. The maximum atomic E-state index is 6.00. The molecule has 3 aromatic rings. The highest BCUT2D eigenvalue weighted by atomic mass is 16.5. The second-order valence-corrected chi connectivity index (χ2v) is 7.39. The van der Waals surface area contributed by atoms with Crippen molar-refractivity contribution in [1.82, 2.24) is 0 Å². The smallest absolute Gasteiger partial charge is 0.121 e. The highest BCUT2D eigenvalue weighted by Crippen LogP contribution is 2.28. The van der Waals surface area contributed by atoms with E-state index in [1.54, 1.807) is 0 Å². The number of ether oxygens (including phenoxy) is 1. The second-order valence-electron chi connectivity index (χ2n) is 7.39. The molecule has 0 amide bonds. The Bertz CT molecular complexity index is 823. The molecule has 0 bridgehead atoms. The Balaban J connectivity index is 1.32. The molecule has 2 nitrogen and oxygen atoms in total. The fourth-order valence-corrected chi connectivity index (χ4v) is 3.85. The minimum atomic E-state index is 0.615. The maximum Gasteiger partial charge on any atom is 0.121 e. The molecule has 0 N–H and O–H groups in total. The zero-order chi connectivity index (χ0) is 18.3. The van der Waals surface area contributed by atoms with Crippen molar-refractivity contribution < 1.29 is 4.74 Å². The number of hydrogen-bond donors (Lipinski definition) is 0. The van der Waals surface area contributed by atoms with Crippen LogP contribution in [0.5, 0.6) is 5.75 Å². The maximum absolute atomic E-state index is 6.00. The van der Waals surface area contributed by atoms with Crippen LogP contribution in [0, 0.1) is 5.92 Å². The molecule has 27 heavy (non-hydrogen) atoms. The third kappa shape index (κ3) is 4.91. The first kappa shape index (κ1) is 17.7. The van der Waals surface area contributed by atoms with Crippen molar-refractivity contribution in [3.8, 4) is 5.75 Å². The molecule has 1 heterocycles. The average Bonchev–Trinajstić information content (AvgIpc) is 2.75. The van der Waals surface area contributed by atoms with Crippen molar-refractivity contribution >= 4 is 5.69 Å². The zero-order valence-electron chi connectivity index (χ0n) is 15.8. The average molecular weight is 357 g/mol. The molecule has 0 aliphatic carbocycles. The first-order chi connectivity index (χ1) is 13.4. The molecule has 1 fully saturated rings. The largest absolute Gasteiger partial charge is 0.489 e. The van der Waals surface area contributed by atoms with E-state index in [1.807, 2.05) is 6.07 Å². The van der Waals surface area contributed by atoms with E-state index in [0.717, 1.165) is 24.8 Å². The summed E-state index contributed by atoms with van der Waals surface area (Å²) in [6.07, 6.45) is 3.71. The lowest BCUT2D eigenvalue weighted by Crippen LogP contribution is -2.34. The fourth-order valence-electron chi connectivity index (χ4n) is 3.85. The van der Waals surface area contributed by atoms with E-state index in [0.29, 0.717) is 6.61 Å². The highest BCUT2D eigenvalue weighted by molar-refractivity contribution is 5.51. The summed E-state index contributed by atoms with van der Waals surface area (Å²) in [6.45, 7) is 2.86. The molecule has 0 spiro atoms. The minimum absolute atomic E-state index is 0.615. The number of benzene rings is 3. The topological polar surface area (TPSA) is 12.5 Å². The van der Waals surface area contributed by atoms with Gasteiger partial charge in [-0.25, -0.2) is 0 Å². The van der Waals surface area contributed by atoms with Crippen LogP contribution in [0.2, 0.25) is 0 Å². The van der Waals surface area contributed by atoms with Gasteiger partial charge < -0.3 is 9.64 Å². The Labute approximate surface area is 162 Å². The molecule has 138 valence electrons. The summed E-state index contributed by atoms with van der Waals surface area (Å²) >= 11 is 0. The van der Waals surface area contributed by atoms with Crippen molar-refractivity contribution in [2.45, 2.75) is 25.9 Å². The standard InChI is InChI=1S/C25H27NO/c1-3-8-21(9-4-1)18-22-14-16-26(17-15-22)24-12-7-13-25(19-24)27-20-23-10-5-2-6-11-23/h1-13,19,22H,14-18,20H2. The van der Waals surface area contributed by atoms with Crippen LogP contribution in [0.25, 0.3) is 0 Å². The van der Waals surface area contributed by atoms with Gasteiger partial charge in [-0.2, -0.15) is 0 Å². The van der Waals surface area contributed by atoms with Crippen LogP contribution < -0.4 is 9.64 Å². The Morgan fingerprint density at radius 1 is 0.741 bits per heavy atom. The summed E-state index contributed by atoms with van der Waals surface area (Å²) in [4.78, 5) is 2.50. The summed E-state index contributed by atoms with van der Waals surface area (Å²) in [5, 5.41) is 0. The Morgan fingerprint density at radius 2 is 1.41 bits per heavy atom. The predicted molar refractivity (Wildman–Crippen MR) is 112 cm³/mol. The molecule has 3 aromatic carbocycles. The molecular formula is C25H27NO. The van der Waals surface area contributed by atoms with Crippen LogP contribution in [0.1, 0.15) is 24.0 Å². The second kappa shape index (κ2) is 8.77. The van der Waals surface area contributed by atoms with E-state index in [1.165, 1.54) is 36.1 Å². The van der Waals surface area contributed by atoms with Crippen LogP contribution in [0.4, 0.5) is 5.69 Å². The first-order valence-corrected chi connectivity index (χ1v) is 9.92. The molecule has 0 radical (unpaired) electrons. The normalized spacial score (nSPS) is 14.9. The van der Waals surface area contributed by atoms with Crippen LogP contribution >= 0.6 is 0 Å². The van der Waals surface area contributed by atoms with E-state index in [9.17, 15) is 0 Å². The summed E-state index contributed by atoms with van der Waals surface area (Å²) < 4.78 is 6.00. The molecule has 4 rings (SSSR count). The van der Waals surface area contributed by atoms with Gasteiger partial charge in [0.05, 0.1) is 0 Å². The van der Waals surface area contributed by atoms with Crippen molar-refractivity contribution in [2.75, 3.05) is 18.0 Å². The molecule has 0 aromatic heterocycles. The van der Waals surface area contributed by atoms with Crippen LogP contribution in [0.15, 0.2) is 84.9 Å². The van der Waals surface area contributed by atoms with Gasteiger partial charge in [-0.1, -0.05) is 66.7 Å². The molecule has 1 aliphatic heterocycles. The third-order valence-corrected chi connectivity index (χ3v) is 5.41. The van der Waals surface area contributed by atoms with Gasteiger partial charge in [-0.3, -0.25) is 0 Å². The van der Waals surface area contributed by atoms with Crippen LogP contribution in [-0.4, -0.2) is 13.1 Å². The van der Waals surface area contributed by atoms with Crippen LogP contribution in [0.3, 0.4) is 0 Å². The molecule has 0 atom stereocenters. The van der Waals surface area contributed by atoms with Gasteiger partial charge in [0.2, 0.25) is 0 Å². The van der Waals surface area contributed by atoms with E-state index in [-0.39, 0.29) is 0 Å². The van der Waals surface area contributed by atoms with Gasteiger partial charge in [0, 0.05) is 24.8 Å². The number of hydrogen-bond acceptors (Lipinski definition) is 2. The van der Waals surface area contributed by atoms with E-state index in [4.69, 9.17) is 4.74 Å². The molecule has 1 saturated heterocycles. The molecule has 0 saturated carbocycles. The predicted octanol–water partition coefficient (Wildman–Crippen LogP) is 5.72. The van der Waals surface area contributed by atoms with Crippen molar-refractivity contribution in [2.24, 2.45) is 5.92 Å². The number of rotatable bonds is 6. The fraction of sp³-hybridized carbons (Fsp3) is 0.280. The van der Waals surface area contributed by atoms with Gasteiger partial charge >= 0.3 is 0 Å². The number of nitrogens with zero attached hydrogens (tertiary/aromatic N) is 1. The van der Waals surface area contributed by atoms with Gasteiger partial charge in [-0.05, 0) is 48.4 Å². The Morgan fingerprint density at radius 3 is 2.11 bits per heavy atom. The van der Waals surface area contributed by atoms with Gasteiger partial charge in [0.15, 0.2) is 0 Å². The Kier molecular flexibility index (Phi) is 5.73. The van der Waals surface area contributed by atoms with Crippen molar-refractivity contribution in [3.05, 3.63) is 96.1 Å². The number of anilines is 1. The lowest BCUT2D eigenvalue weighted by Gasteiger charge is -2.34. The number of piperidine rings is 1. The van der Waals surface area contributed by atoms with E-state index >= 15 is 0 Å². The van der Waals surface area contributed by atoms with Gasteiger partial charge in [0.1, 0.15) is 12.4 Å². The Hall–Kier alpha value is -2.74. The van der Waals surface area contributed by atoms with Crippen LogP contribution in [-0.2, 0) is 13.0 Å². The SMILES string of the molecule is c1ccc(COc2cccc(N3CCC(Cc4ccccc4)CC3)c2)cc1. The van der Waals surface area contributed by atoms with Crippen molar-refractivity contribution in [1.29, 1.82) is 0 Å². The summed E-state index contributed by atoms with van der Waals surface area (Å²) in [5.74, 6) is 1.74. The minimum Gasteiger partial charge on any atom is -0.489 e. The third-order valence-electron chi connectivity index (χ3n) is 5.41. The first-order valence-electron chi connectivity index (χ1n) is 9.92. The monoisotopic (exact) mass is 357 g/mol. The summed E-state index contributed by atoms with van der Waals surface area (Å²) in [6, 6.07) is 29.8. The summed E-state index contributed by atoms with van der Waals surface area (Å²) in [7, 11) is 0. The van der Waals surface area contributed by atoms with E-state index < -0.39 is 0 Å². The molecule has 0 unspecified atom stereocenters. The van der Waals surface area contributed by atoms with E-state index in [2.05, 4.69) is 83.8 Å². The quantitative estimate of drug-likeness (QED) is 0.559. The molecular weight excluding hydrogens is 330 g/mol. The van der Waals surface area contributed by atoms with Gasteiger partial charge in [-0.15, -0.1) is 0 Å². The lowest BCUT2D eigenvalue weighted by atomic mass is 9.90. The molecule has 2 heteroatoms.